The summed E-state index contributed by atoms with van der Waals surface area (Å²) in [4.78, 5) is 48.5. The fourth-order valence-corrected chi connectivity index (χ4v) is 4.89. The van der Waals surface area contributed by atoms with Crippen LogP contribution in [0.15, 0.2) is 36.4 Å². The Labute approximate surface area is 254 Å². The Morgan fingerprint density at radius 1 is 1.09 bits per heavy atom. The number of esters is 3. The Morgan fingerprint density at radius 2 is 1.82 bits per heavy atom. The first-order valence-electron chi connectivity index (χ1n) is 13.7. The normalized spacial score (nSPS) is 21.8. The highest BCUT2D eigenvalue weighted by Crippen LogP contribution is 2.38. The molecule has 0 spiro atoms. The molecule has 13 nitrogen and oxygen atoms in total. The standard InChI is InChI=1S/C31H35NO12/c1-6-7-25(42-27(36)14-21-9-8-20(15-33)12-23(21)16-34)22-10-11-26(24(13-22)32(38)39)43-31-29(41-19(4)35)18(3)17(2)28(44-31)30(37)40-5/h1,8-13,17-18,25,28-29,31,33-34H,7,14-16H2,2-5H3. The first-order chi connectivity index (χ1) is 20.9. The van der Waals surface area contributed by atoms with E-state index in [1.165, 1.54) is 26.2 Å². The number of methoxy groups -OCH3 is 1. The van der Waals surface area contributed by atoms with Crippen LogP contribution < -0.4 is 4.74 Å². The highest BCUT2D eigenvalue weighted by atomic mass is 16.7. The second-order valence-electron chi connectivity index (χ2n) is 10.3. The van der Waals surface area contributed by atoms with Crippen LogP contribution in [0.1, 0.15) is 55.5 Å². The van der Waals surface area contributed by atoms with Gasteiger partial charge in [-0.2, -0.15) is 0 Å². The molecule has 2 aromatic rings. The van der Waals surface area contributed by atoms with E-state index in [1.807, 2.05) is 0 Å². The summed E-state index contributed by atoms with van der Waals surface area (Å²) < 4.78 is 27.5. The van der Waals surface area contributed by atoms with Crippen molar-refractivity contribution < 1.29 is 53.2 Å². The third-order valence-corrected chi connectivity index (χ3v) is 7.44. The van der Waals surface area contributed by atoms with Crippen LogP contribution in [0.4, 0.5) is 5.69 Å². The molecule has 3 rings (SSSR count). The molecule has 2 N–H and O–H groups in total. The molecule has 6 atom stereocenters. The number of nitrogens with zero attached hydrogens (tertiary/aromatic N) is 1. The average Bonchev–Trinajstić information content (AvgIpc) is 3.00. The Balaban J connectivity index is 1.89. The van der Waals surface area contributed by atoms with Gasteiger partial charge in [0.25, 0.3) is 0 Å². The van der Waals surface area contributed by atoms with E-state index in [2.05, 4.69) is 5.92 Å². The van der Waals surface area contributed by atoms with Crippen LogP contribution in [-0.2, 0) is 53.0 Å². The van der Waals surface area contributed by atoms with Crippen molar-refractivity contribution in [1.82, 2.24) is 0 Å². The maximum Gasteiger partial charge on any atom is 0.335 e. The average molecular weight is 614 g/mol. The number of aliphatic hydroxyl groups is 2. The largest absolute Gasteiger partial charge is 0.467 e. The van der Waals surface area contributed by atoms with Crippen molar-refractivity contribution in [3.05, 3.63) is 68.8 Å². The van der Waals surface area contributed by atoms with Gasteiger partial charge >= 0.3 is 23.6 Å². The smallest absolute Gasteiger partial charge is 0.335 e. The molecule has 0 aliphatic carbocycles. The van der Waals surface area contributed by atoms with E-state index in [0.29, 0.717) is 16.7 Å². The van der Waals surface area contributed by atoms with E-state index in [-0.39, 0.29) is 37.4 Å². The van der Waals surface area contributed by atoms with E-state index >= 15 is 0 Å². The molecule has 1 saturated heterocycles. The zero-order valence-electron chi connectivity index (χ0n) is 24.8. The quantitative estimate of drug-likeness (QED) is 0.118. The van der Waals surface area contributed by atoms with E-state index in [0.717, 1.165) is 6.07 Å². The van der Waals surface area contributed by atoms with Gasteiger partial charge in [-0.25, -0.2) is 4.79 Å². The fourth-order valence-electron chi connectivity index (χ4n) is 4.89. The van der Waals surface area contributed by atoms with Crippen LogP contribution >= 0.6 is 0 Å². The third kappa shape index (κ3) is 8.10. The van der Waals surface area contributed by atoms with E-state index in [1.54, 1.807) is 32.0 Å². The van der Waals surface area contributed by atoms with Crippen LogP contribution in [0.2, 0.25) is 0 Å². The van der Waals surface area contributed by atoms with Gasteiger partial charge in [0.2, 0.25) is 6.29 Å². The second-order valence-corrected chi connectivity index (χ2v) is 10.3. The minimum Gasteiger partial charge on any atom is -0.467 e. The zero-order chi connectivity index (χ0) is 32.6. The topological polar surface area (TPSA) is 181 Å². The number of nitro benzene ring substituents is 1. The molecule has 0 radical (unpaired) electrons. The molecule has 236 valence electrons. The maximum absolute atomic E-state index is 12.9. The van der Waals surface area contributed by atoms with Crippen molar-refractivity contribution in [2.75, 3.05) is 7.11 Å². The van der Waals surface area contributed by atoms with Crippen LogP contribution in [0.25, 0.3) is 0 Å². The number of carbonyl (C=O) groups is 3. The Hall–Kier alpha value is -4.51. The number of nitro groups is 1. The molecule has 44 heavy (non-hydrogen) atoms. The second kappa shape index (κ2) is 15.3. The summed E-state index contributed by atoms with van der Waals surface area (Å²) in [6.07, 6.45) is 0.634. The number of aliphatic hydroxyl groups excluding tert-OH is 2. The minimum atomic E-state index is -1.39. The zero-order valence-corrected chi connectivity index (χ0v) is 24.8. The number of hydrogen-bond donors (Lipinski definition) is 2. The van der Waals surface area contributed by atoms with E-state index in [4.69, 9.17) is 30.1 Å². The molecule has 0 bridgehead atoms. The predicted molar refractivity (Wildman–Crippen MR) is 153 cm³/mol. The molecule has 1 fully saturated rings. The number of ether oxygens (including phenoxy) is 5. The summed E-state index contributed by atoms with van der Waals surface area (Å²) in [5, 5.41) is 31.1. The molecule has 1 aliphatic rings. The predicted octanol–water partition coefficient (Wildman–Crippen LogP) is 2.91. The fraction of sp³-hybridized carbons (Fsp3) is 0.452. The van der Waals surface area contributed by atoms with Crippen molar-refractivity contribution in [3.8, 4) is 18.1 Å². The Kier molecular flexibility index (Phi) is 11.8. The van der Waals surface area contributed by atoms with Crippen LogP contribution in [0.3, 0.4) is 0 Å². The monoisotopic (exact) mass is 613 g/mol. The van der Waals surface area contributed by atoms with Crippen LogP contribution in [0.5, 0.6) is 5.75 Å². The van der Waals surface area contributed by atoms with Gasteiger partial charge < -0.3 is 33.9 Å². The SMILES string of the molecule is C#CCC(OC(=O)Cc1ccc(CO)cc1CO)c1ccc(OC2OC(C(=O)OC)C(C)C(C)C2OC(C)=O)c([N+](=O)[O-])c1. The first kappa shape index (κ1) is 34.0. The summed E-state index contributed by atoms with van der Waals surface area (Å²) in [6.45, 7) is 4.05. The maximum atomic E-state index is 12.9. The third-order valence-electron chi connectivity index (χ3n) is 7.44. The lowest BCUT2D eigenvalue weighted by molar-refractivity contribution is -0.387. The van der Waals surface area contributed by atoms with Gasteiger partial charge in [-0.15, -0.1) is 12.3 Å². The summed E-state index contributed by atoms with van der Waals surface area (Å²) >= 11 is 0. The summed E-state index contributed by atoms with van der Waals surface area (Å²) in [6, 6.07) is 8.62. The number of terminal acetylenes is 1. The van der Waals surface area contributed by atoms with Crippen LogP contribution in [-0.4, -0.2) is 58.7 Å². The van der Waals surface area contributed by atoms with Gasteiger partial charge in [0.15, 0.2) is 18.0 Å². The molecular weight excluding hydrogens is 578 g/mol. The van der Waals surface area contributed by atoms with Crippen molar-refractivity contribution in [2.45, 2.75) is 71.4 Å². The molecule has 0 amide bonds. The summed E-state index contributed by atoms with van der Waals surface area (Å²) in [5.74, 6) is -0.768. The summed E-state index contributed by atoms with van der Waals surface area (Å²) in [7, 11) is 1.19. The highest BCUT2D eigenvalue weighted by molar-refractivity contribution is 5.75. The minimum absolute atomic E-state index is 0.101. The highest BCUT2D eigenvalue weighted by Gasteiger charge is 2.48. The van der Waals surface area contributed by atoms with E-state index < -0.39 is 65.0 Å². The lowest BCUT2D eigenvalue weighted by Crippen LogP contribution is -2.55. The van der Waals surface area contributed by atoms with Crippen molar-refractivity contribution in [3.63, 3.8) is 0 Å². The molecule has 0 aromatic heterocycles. The lowest BCUT2D eigenvalue weighted by atomic mass is 9.83. The molecule has 13 heteroatoms. The van der Waals surface area contributed by atoms with Gasteiger partial charge in [0.1, 0.15) is 6.10 Å². The first-order valence-corrected chi connectivity index (χ1v) is 13.7. The van der Waals surface area contributed by atoms with Crippen molar-refractivity contribution in [2.24, 2.45) is 11.8 Å². The van der Waals surface area contributed by atoms with Gasteiger partial charge in [-0.05, 0) is 28.7 Å². The lowest BCUT2D eigenvalue weighted by Gasteiger charge is -2.42. The number of carbonyl (C=O) groups excluding carboxylic acids is 3. The summed E-state index contributed by atoms with van der Waals surface area (Å²) in [5.41, 5.74) is 1.17. The Morgan fingerprint density at radius 3 is 2.41 bits per heavy atom. The molecule has 2 aromatic carbocycles. The number of hydrogen-bond acceptors (Lipinski definition) is 12. The number of benzene rings is 2. The Bertz CT molecular complexity index is 1420. The van der Waals surface area contributed by atoms with E-state index in [9.17, 15) is 34.7 Å². The van der Waals surface area contributed by atoms with Gasteiger partial charge in [-0.1, -0.05) is 38.1 Å². The van der Waals surface area contributed by atoms with Gasteiger partial charge in [-0.3, -0.25) is 19.7 Å². The van der Waals surface area contributed by atoms with Crippen molar-refractivity contribution >= 4 is 23.6 Å². The molecule has 0 saturated carbocycles. The molecule has 6 unspecified atom stereocenters. The van der Waals surface area contributed by atoms with Gasteiger partial charge in [0.05, 0.1) is 38.1 Å². The number of rotatable bonds is 12. The van der Waals surface area contributed by atoms with Gasteiger partial charge in [0, 0.05) is 24.5 Å². The molecule has 1 heterocycles. The molecule has 1 aliphatic heterocycles. The van der Waals surface area contributed by atoms with Crippen molar-refractivity contribution in [1.29, 1.82) is 0 Å². The molecular formula is C31H35NO12. The van der Waals surface area contributed by atoms with Crippen LogP contribution in [0, 0.1) is 34.3 Å².